The summed E-state index contributed by atoms with van der Waals surface area (Å²) in [6.45, 7) is 0. The van der Waals surface area contributed by atoms with Crippen LogP contribution in [0.25, 0.3) is 83.9 Å². The van der Waals surface area contributed by atoms with Crippen molar-refractivity contribution >= 4 is 31.8 Å². The highest BCUT2D eigenvalue weighted by Gasteiger charge is 2.36. The van der Waals surface area contributed by atoms with E-state index in [1.807, 2.05) is 36.4 Å². The molecule has 4 nitrogen and oxygen atoms in total. The zero-order valence-electron chi connectivity index (χ0n) is 28.9. The smallest absolute Gasteiger partial charge is 0.164 e. The van der Waals surface area contributed by atoms with Gasteiger partial charge in [0, 0.05) is 54.1 Å². The molecule has 7 aromatic carbocycles. The van der Waals surface area contributed by atoms with Gasteiger partial charge in [0.1, 0.15) is 0 Å². The SMILES string of the molecule is CS1(C)c2cccc(-c3ccc(-n4c5ccccc5c5ccccc54)cc3)c2-c2c(-c3nc(-c4ccccc4)nc(-c4ccccc4)n3)cccc21. The summed E-state index contributed by atoms with van der Waals surface area (Å²) in [5.74, 6) is 2.02. The molecule has 10 rings (SSSR count). The van der Waals surface area contributed by atoms with Crippen molar-refractivity contribution in [3.8, 4) is 62.1 Å². The summed E-state index contributed by atoms with van der Waals surface area (Å²) in [6, 6.07) is 60.3. The minimum atomic E-state index is -1.32. The monoisotopic (exact) mass is 686 g/mol. The van der Waals surface area contributed by atoms with Gasteiger partial charge in [-0.1, -0.05) is 133 Å². The van der Waals surface area contributed by atoms with Crippen LogP contribution in [0, 0.1) is 0 Å². The van der Waals surface area contributed by atoms with Crippen LogP contribution >= 0.6 is 10.0 Å². The van der Waals surface area contributed by atoms with Gasteiger partial charge in [0.25, 0.3) is 0 Å². The van der Waals surface area contributed by atoms with E-state index in [4.69, 9.17) is 15.0 Å². The van der Waals surface area contributed by atoms with E-state index in [1.54, 1.807) is 0 Å². The van der Waals surface area contributed by atoms with Gasteiger partial charge in [-0.05, 0) is 60.0 Å². The third-order valence-electron chi connectivity index (χ3n) is 10.4. The minimum Gasteiger partial charge on any atom is -0.309 e. The Morgan fingerprint density at radius 1 is 0.385 bits per heavy atom. The average Bonchev–Trinajstić information content (AvgIpc) is 3.67. The van der Waals surface area contributed by atoms with Crippen LogP contribution in [-0.2, 0) is 0 Å². The Kier molecular flexibility index (Phi) is 6.98. The van der Waals surface area contributed by atoms with Crippen molar-refractivity contribution in [2.75, 3.05) is 12.5 Å². The maximum atomic E-state index is 5.17. The molecule has 3 heterocycles. The van der Waals surface area contributed by atoms with Gasteiger partial charge >= 0.3 is 0 Å². The molecule has 1 aliphatic heterocycles. The summed E-state index contributed by atoms with van der Waals surface area (Å²) in [6.07, 6.45) is 4.82. The fraction of sp³-hybridized carbons (Fsp3) is 0.0426. The molecule has 0 atom stereocenters. The second-order valence-corrected chi connectivity index (χ2v) is 17.2. The van der Waals surface area contributed by atoms with Crippen molar-refractivity contribution in [2.24, 2.45) is 0 Å². The van der Waals surface area contributed by atoms with Crippen LogP contribution in [0.4, 0.5) is 0 Å². The average molecular weight is 687 g/mol. The third-order valence-corrected chi connectivity index (χ3v) is 13.2. The number of para-hydroxylation sites is 2. The van der Waals surface area contributed by atoms with Gasteiger partial charge < -0.3 is 4.57 Å². The molecule has 0 saturated carbocycles. The van der Waals surface area contributed by atoms with Crippen LogP contribution in [0.2, 0.25) is 0 Å². The summed E-state index contributed by atoms with van der Waals surface area (Å²) >= 11 is 0. The van der Waals surface area contributed by atoms with Gasteiger partial charge in [-0.2, -0.15) is 10.0 Å². The molecular formula is C47H34N4S. The van der Waals surface area contributed by atoms with Gasteiger partial charge in [0.15, 0.2) is 17.5 Å². The number of fused-ring (bicyclic) bond motifs is 6. The van der Waals surface area contributed by atoms with E-state index in [0.29, 0.717) is 17.5 Å². The maximum absolute atomic E-state index is 5.17. The van der Waals surface area contributed by atoms with Crippen molar-refractivity contribution in [1.82, 2.24) is 19.5 Å². The highest BCUT2D eigenvalue weighted by molar-refractivity contribution is 8.33. The topological polar surface area (TPSA) is 43.6 Å². The zero-order chi connectivity index (χ0) is 34.8. The van der Waals surface area contributed by atoms with Gasteiger partial charge in [0.2, 0.25) is 0 Å². The first-order valence-corrected chi connectivity index (χ1v) is 20.0. The number of aromatic nitrogens is 4. The Morgan fingerprint density at radius 2 is 0.846 bits per heavy atom. The molecule has 1 aliphatic rings. The molecular weight excluding hydrogens is 653 g/mol. The Bertz CT molecular complexity index is 2690. The van der Waals surface area contributed by atoms with Gasteiger partial charge in [-0.3, -0.25) is 0 Å². The van der Waals surface area contributed by atoms with Crippen molar-refractivity contribution in [3.63, 3.8) is 0 Å². The number of nitrogens with zero attached hydrogens (tertiary/aromatic N) is 4. The molecule has 0 spiro atoms. The van der Waals surface area contributed by atoms with E-state index < -0.39 is 10.0 Å². The molecule has 52 heavy (non-hydrogen) atoms. The lowest BCUT2D eigenvalue weighted by atomic mass is 9.91. The van der Waals surface area contributed by atoms with E-state index in [-0.39, 0.29) is 0 Å². The molecule has 0 amide bonds. The van der Waals surface area contributed by atoms with E-state index >= 15 is 0 Å². The van der Waals surface area contributed by atoms with Crippen molar-refractivity contribution in [1.29, 1.82) is 0 Å². The molecule has 0 aliphatic carbocycles. The predicted octanol–water partition coefficient (Wildman–Crippen LogP) is 12.1. The standard InChI is InChI=1S/C47H34N4S/c1-52(2)41-25-13-21-35(31-27-29-34(30-28-31)51-39-23-11-9-19-36(39)37-20-10-12-24-40(37)51)43(41)44-38(22-14-26-42(44)52)47-49-45(32-15-5-3-6-16-32)48-46(50-47)33-17-7-4-8-18-33/h3-30H,1-2H3. The molecule has 5 heteroatoms. The van der Waals surface area contributed by atoms with Gasteiger partial charge in [0.05, 0.1) is 11.0 Å². The van der Waals surface area contributed by atoms with E-state index in [9.17, 15) is 0 Å². The molecule has 0 unspecified atom stereocenters. The summed E-state index contributed by atoms with van der Waals surface area (Å²) in [5.41, 5.74) is 11.4. The third kappa shape index (κ3) is 4.74. The molecule has 2 aromatic heterocycles. The molecule has 0 radical (unpaired) electrons. The van der Waals surface area contributed by atoms with E-state index in [0.717, 1.165) is 22.4 Å². The summed E-state index contributed by atoms with van der Waals surface area (Å²) in [7, 11) is -1.32. The highest BCUT2D eigenvalue weighted by Crippen LogP contribution is 2.69. The Balaban J connectivity index is 1.16. The Morgan fingerprint density at radius 3 is 1.40 bits per heavy atom. The lowest BCUT2D eigenvalue weighted by molar-refractivity contribution is 1.07. The first-order chi connectivity index (χ1) is 25.6. The molecule has 9 aromatic rings. The Labute approximate surface area is 304 Å². The maximum Gasteiger partial charge on any atom is 0.164 e. The fourth-order valence-corrected chi connectivity index (χ4v) is 10.4. The van der Waals surface area contributed by atoms with Crippen LogP contribution < -0.4 is 0 Å². The highest BCUT2D eigenvalue weighted by atomic mass is 32.3. The van der Waals surface area contributed by atoms with Crippen LogP contribution in [0.15, 0.2) is 180 Å². The Hall–Kier alpha value is -6.30. The molecule has 0 N–H and O–H groups in total. The van der Waals surface area contributed by atoms with Crippen molar-refractivity contribution in [2.45, 2.75) is 9.79 Å². The van der Waals surface area contributed by atoms with E-state index in [2.05, 4.69) is 151 Å². The quantitative estimate of drug-likeness (QED) is 0.181. The molecule has 0 saturated heterocycles. The molecule has 248 valence electrons. The number of hydrogen-bond donors (Lipinski definition) is 0. The van der Waals surface area contributed by atoms with Crippen LogP contribution in [0.3, 0.4) is 0 Å². The molecule has 0 fully saturated rings. The largest absolute Gasteiger partial charge is 0.309 e. The summed E-state index contributed by atoms with van der Waals surface area (Å²) in [4.78, 5) is 18.1. The van der Waals surface area contributed by atoms with Crippen molar-refractivity contribution in [3.05, 3.63) is 170 Å². The van der Waals surface area contributed by atoms with Crippen molar-refractivity contribution < 1.29 is 0 Å². The first-order valence-electron chi connectivity index (χ1n) is 17.5. The van der Waals surface area contributed by atoms with Crippen LogP contribution in [0.1, 0.15) is 0 Å². The lowest BCUT2D eigenvalue weighted by Gasteiger charge is -2.28. The number of benzene rings is 7. The lowest BCUT2D eigenvalue weighted by Crippen LogP contribution is -2.01. The van der Waals surface area contributed by atoms with Crippen LogP contribution in [0.5, 0.6) is 0 Å². The second kappa shape index (κ2) is 11.9. The van der Waals surface area contributed by atoms with E-state index in [1.165, 1.54) is 53.9 Å². The van der Waals surface area contributed by atoms with Gasteiger partial charge in [-0.15, -0.1) is 0 Å². The first kappa shape index (κ1) is 30.5. The summed E-state index contributed by atoms with van der Waals surface area (Å²) < 4.78 is 2.37. The second-order valence-electron chi connectivity index (χ2n) is 13.6. The fourth-order valence-electron chi connectivity index (χ4n) is 7.89. The predicted molar refractivity (Wildman–Crippen MR) is 217 cm³/mol. The number of hydrogen-bond acceptors (Lipinski definition) is 3. The van der Waals surface area contributed by atoms with Crippen LogP contribution in [-0.4, -0.2) is 32.0 Å². The summed E-state index contributed by atoms with van der Waals surface area (Å²) in [5, 5.41) is 2.53. The normalized spacial score (nSPS) is 13.6. The zero-order valence-corrected chi connectivity index (χ0v) is 29.7. The number of rotatable bonds is 5. The molecule has 0 bridgehead atoms. The minimum absolute atomic E-state index is 0.667. The van der Waals surface area contributed by atoms with Gasteiger partial charge in [-0.25, -0.2) is 15.0 Å².